The van der Waals surface area contributed by atoms with Crippen LogP contribution in [0.15, 0.2) is 119 Å². The molecule has 0 aliphatic heterocycles. The first-order chi connectivity index (χ1) is 19.6. The van der Waals surface area contributed by atoms with Gasteiger partial charge in [-0.2, -0.15) is 0 Å². The number of hydrogen-bond donors (Lipinski definition) is 0. The Labute approximate surface area is 264 Å². The first-order valence-electron chi connectivity index (χ1n) is 13.4. The fraction of sp³-hybridized carbons (Fsp3) is 0.290. The van der Waals surface area contributed by atoms with E-state index < -0.39 is 12.1 Å². The number of nitrogens with zero attached hydrogens (tertiary/aromatic N) is 6. The minimum atomic E-state index is -0.447. The van der Waals surface area contributed by atoms with Crippen LogP contribution in [0.4, 0.5) is 0 Å². The zero-order chi connectivity index (χ0) is 28.2. The average molecular weight is 563 g/mol. The normalized spacial score (nSPS) is 12.0. The Bertz CT molecular complexity index is 1380. The van der Waals surface area contributed by atoms with Crippen molar-refractivity contribution in [1.29, 1.82) is 0 Å². The zero-order valence-electron chi connectivity index (χ0n) is 24.6. The van der Waals surface area contributed by atoms with Gasteiger partial charge < -0.3 is 1.43 Å². The third-order valence-corrected chi connectivity index (χ3v) is 7.19. The van der Waals surface area contributed by atoms with E-state index in [0.29, 0.717) is 25.8 Å². The van der Waals surface area contributed by atoms with Crippen LogP contribution in [0.25, 0.3) is 10.8 Å². The van der Waals surface area contributed by atoms with E-state index in [1.54, 1.807) is 7.05 Å². The monoisotopic (exact) mass is 562 g/mol. The predicted octanol–water partition coefficient (Wildman–Crippen LogP) is 3.30. The molecule has 0 aromatic heterocycles. The van der Waals surface area contributed by atoms with Crippen LogP contribution in [-0.4, -0.2) is 53.8 Å². The summed E-state index contributed by atoms with van der Waals surface area (Å²) in [5, 5.41) is 16.2. The minimum Gasteiger partial charge on any atom is -1.00 e. The molecule has 0 aliphatic carbocycles. The van der Waals surface area contributed by atoms with Crippen molar-refractivity contribution in [2.24, 2.45) is 15.9 Å². The van der Waals surface area contributed by atoms with Crippen LogP contribution in [0.3, 0.4) is 0 Å². The van der Waals surface area contributed by atoms with Crippen molar-refractivity contribution in [3.63, 3.8) is 0 Å². The van der Waals surface area contributed by atoms with Crippen LogP contribution >= 0.6 is 0 Å². The predicted molar refractivity (Wildman–Crippen MR) is 160 cm³/mol. The molecule has 0 aliphatic rings. The largest absolute Gasteiger partial charge is 1.00 e. The molecule has 0 saturated heterocycles. The van der Waals surface area contributed by atoms with Gasteiger partial charge in [-0.15, -0.1) is 14.7 Å². The van der Waals surface area contributed by atoms with E-state index in [9.17, 15) is 14.7 Å². The Morgan fingerprint density at radius 1 is 0.634 bits per heavy atom. The molecule has 0 bridgehead atoms. The summed E-state index contributed by atoms with van der Waals surface area (Å²) in [7, 11) is 1.57. The number of fused-ring (bicyclic) bond motifs is 1. The fourth-order valence-corrected chi connectivity index (χ4v) is 5.12. The standard InChI is InChI=1S/C31H34N6O3.Na.H/c1-35(32-38)23-29(21-26-13-6-3-7-14-26)37(34-40)24-30(36(33-39)20-19-25-11-4-2-5-12-25)22-28-17-10-16-27-15-8-9-18-31(27)28;;/h2-18,29-30H,19-24H2,1H3;;/q;+1;-1/t29-,30-;;/m0../s1. The van der Waals surface area contributed by atoms with E-state index in [1.807, 2.05) is 84.9 Å². The van der Waals surface area contributed by atoms with E-state index in [2.05, 4.69) is 34.1 Å². The Kier molecular flexibility index (Phi) is 12.9. The molecule has 41 heavy (non-hydrogen) atoms. The summed E-state index contributed by atoms with van der Waals surface area (Å²) < 4.78 is 0. The van der Waals surface area contributed by atoms with Gasteiger partial charge in [0.25, 0.3) is 0 Å². The molecule has 0 saturated carbocycles. The molecular weight excluding hydrogens is 527 g/mol. The van der Waals surface area contributed by atoms with E-state index >= 15 is 0 Å². The van der Waals surface area contributed by atoms with E-state index in [-0.39, 0.29) is 44.1 Å². The van der Waals surface area contributed by atoms with Gasteiger partial charge in [0.2, 0.25) is 0 Å². The van der Waals surface area contributed by atoms with Gasteiger partial charge in [0, 0.05) is 13.6 Å². The van der Waals surface area contributed by atoms with E-state index in [1.165, 1.54) is 15.0 Å². The van der Waals surface area contributed by atoms with Crippen molar-refractivity contribution in [2.45, 2.75) is 31.3 Å². The third-order valence-electron chi connectivity index (χ3n) is 7.19. The summed E-state index contributed by atoms with van der Waals surface area (Å²) in [5.74, 6) is 0. The van der Waals surface area contributed by atoms with Gasteiger partial charge in [-0.3, -0.25) is 15.0 Å². The molecule has 0 heterocycles. The summed E-state index contributed by atoms with van der Waals surface area (Å²) >= 11 is 0. The molecule has 208 valence electrons. The molecule has 0 spiro atoms. The molecular formula is C31H35N6NaO3. The third kappa shape index (κ3) is 9.18. The first-order valence-corrected chi connectivity index (χ1v) is 13.4. The van der Waals surface area contributed by atoms with Crippen LogP contribution < -0.4 is 29.6 Å². The summed E-state index contributed by atoms with van der Waals surface area (Å²) in [6, 6.07) is 32.9. The van der Waals surface area contributed by atoms with Crippen molar-refractivity contribution in [3.8, 4) is 0 Å². The summed E-state index contributed by atoms with van der Waals surface area (Å²) in [5.41, 5.74) is 3.14. The maximum absolute atomic E-state index is 12.3. The number of likely N-dealkylation sites (N-methyl/N-ethyl adjacent to an activating group) is 1. The van der Waals surface area contributed by atoms with Gasteiger partial charge in [0.1, 0.15) is 0 Å². The smallest absolute Gasteiger partial charge is 1.00 e. The fourth-order valence-electron chi connectivity index (χ4n) is 5.12. The number of rotatable bonds is 16. The molecule has 4 rings (SSSR count). The van der Waals surface area contributed by atoms with Crippen molar-refractivity contribution in [3.05, 3.63) is 135 Å². The van der Waals surface area contributed by atoms with Gasteiger partial charge in [0.05, 0.1) is 41.0 Å². The molecule has 9 nitrogen and oxygen atoms in total. The first kappa shape index (κ1) is 31.9. The molecule has 10 heteroatoms. The molecule has 0 unspecified atom stereocenters. The quantitative estimate of drug-likeness (QED) is 0.118. The number of hydrogen-bond acceptors (Lipinski definition) is 6. The van der Waals surface area contributed by atoms with Gasteiger partial charge in [-0.25, -0.2) is 0 Å². The molecule has 0 fully saturated rings. The molecule has 4 aromatic carbocycles. The second kappa shape index (κ2) is 16.6. The van der Waals surface area contributed by atoms with Crippen LogP contribution in [0.2, 0.25) is 0 Å². The second-order valence-electron chi connectivity index (χ2n) is 9.95. The van der Waals surface area contributed by atoms with E-state index in [0.717, 1.165) is 27.5 Å². The van der Waals surface area contributed by atoms with Crippen LogP contribution in [0.5, 0.6) is 0 Å². The summed E-state index contributed by atoms with van der Waals surface area (Å²) in [6.45, 7) is 0.732. The van der Waals surface area contributed by atoms with Crippen molar-refractivity contribution >= 4 is 10.8 Å². The molecule has 0 amide bonds. The molecule has 0 radical (unpaired) electrons. The number of nitroso groups, excluding NO2 is 3. The Morgan fingerprint density at radius 3 is 1.88 bits per heavy atom. The maximum atomic E-state index is 12.3. The van der Waals surface area contributed by atoms with E-state index in [4.69, 9.17) is 0 Å². The van der Waals surface area contributed by atoms with Crippen molar-refractivity contribution in [2.75, 3.05) is 26.7 Å². The minimum absolute atomic E-state index is 0. The van der Waals surface area contributed by atoms with Gasteiger partial charge in [-0.05, 0) is 46.7 Å². The Balaban J connectivity index is 0.00000308. The van der Waals surface area contributed by atoms with Crippen molar-refractivity contribution < 1.29 is 31.0 Å². The average Bonchev–Trinajstić information content (AvgIpc) is 3.00. The molecule has 2 atom stereocenters. The summed E-state index contributed by atoms with van der Waals surface area (Å²) in [6.07, 6.45) is 1.58. The van der Waals surface area contributed by atoms with Gasteiger partial charge >= 0.3 is 29.6 Å². The molecule has 0 N–H and O–H groups in total. The van der Waals surface area contributed by atoms with Crippen molar-refractivity contribution in [1.82, 2.24) is 15.0 Å². The number of benzene rings is 4. The van der Waals surface area contributed by atoms with Crippen LogP contribution in [0.1, 0.15) is 18.1 Å². The second-order valence-corrected chi connectivity index (χ2v) is 9.95. The van der Waals surface area contributed by atoms with Crippen LogP contribution in [-0.2, 0) is 19.3 Å². The SMILES string of the molecule is CN(C[C@H](Cc1ccccc1)N(C[C@H](Cc1cccc2ccccc12)N(CCc1ccccc1)N=O)N=O)N=O.[H-].[Na+]. The van der Waals surface area contributed by atoms with Crippen LogP contribution in [0, 0.1) is 14.7 Å². The maximum Gasteiger partial charge on any atom is 1.00 e. The molecule has 4 aromatic rings. The Morgan fingerprint density at radius 2 is 1.22 bits per heavy atom. The topological polar surface area (TPSA) is 98.0 Å². The van der Waals surface area contributed by atoms with Gasteiger partial charge in [0.15, 0.2) is 0 Å². The summed E-state index contributed by atoms with van der Waals surface area (Å²) in [4.78, 5) is 35.8. The van der Waals surface area contributed by atoms with Gasteiger partial charge in [-0.1, -0.05) is 103 Å². The Hall–Kier alpha value is -3.66. The zero-order valence-corrected chi connectivity index (χ0v) is 25.6.